The molecular weight excluding hydrogens is 359 g/mol. The van der Waals surface area contributed by atoms with Crippen molar-refractivity contribution in [2.45, 2.75) is 4.90 Å². The van der Waals surface area contributed by atoms with E-state index in [0.29, 0.717) is 0 Å². The zero-order valence-electron chi connectivity index (χ0n) is 10.3. The molecule has 0 aliphatic carbocycles. The lowest BCUT2D eigenvalue weighted by atomic mass is 10.3. The number of sulfonamides is 1. The number of benzene rings is 2. The Morgan fingerprint density at radius 1 is 0.952 bits per heavy atom. The van der Waals surface area contributed by atoms with E-state index in [4.69, 9.17) is 50.4 Å². The number of primary sulfonamides is 1. The van der Waals surface area contributed by atoms with E-state index in [1.165, 1.54) is 30.3 Å². The fourth-order valence-corrected chi connectivity index (χ4v) is 2.81. The van der Waals surface area contributed by atoms with Crippen molar-refractivity contribution in [3.05, 3.63) is 45.4 Å². The van der Waals surface area contributed by atoms with Gasteiger partial charge in [-0.05, 0) is 18.2 Å². The third-order valence-electron chi connectivity index (χ3n) is 2.53. The molecule has 2 aromatic rings. The quantitative estimate of drug-likeness (QED) is 0.639. The second-order valence-corrected chi connectivity index (χ2v) is 6.76. The lowest BCUT2D eigenvalue weighted by molar-refractivity contribution is 0.484. The van der Waals surface area contributed by atoms with Crippen LogP contribution in [-0.4, -0.2) is 8.42 Å². The molecule has 0 radical (unpaired) electrons. The molecule has 0 atom stereocenters. The van der Waals surface area contributed by atoms with Gasteiger partial charge in [-0.1, -0.05) is 40.9 Å². The van der Waals surface area contributed by atoms with Gasteiger partial charge < -0.3 is 10.5 Å². The molecule has 4 N–H and O–H groups in total. The molecule has 0 spiro atoms. The number of halogens is 3. The summed E-state index contributed by atoms with van der Waals surface area (Å²) >= 11 is 17.7. The van der Waals surface area contributed by atoms with Crippen LogP contribution in [0.15, 0.2) is 35.2 Å². The zero-order valence-corrected chi connectivity index (χ0v) is 13.4. The first-order valence-corrected chi connectivity index (χ1v) is 8.12. The molecule has 0 unspecified atom stereocenters. The van der Waals surface area contributed by atoms with Gasteiger partial charge in [0.25, 0.3) is 0 Å². The molecular formula is C12H9Cl3N2O3S. The highest BCUT2D eigenvalue weighted by Gasteiger charge is 2.17. The number of anilines is 1. The maximum absolute atomic E-state index is 11.4. The molecule has 0 aliphatic rings. The maximum Gasteiger partial charge on any atom is 0.240 e. The van der Waals surface area contributed by atoms with Crippen LogP contribution < -0.4 is 15.6 Å². The molecule has 0 aromatic heterocycles. The Bertz CT molecular complexity index is 810. The smallest absolute Gasteiger partial charge is 0.240 e. The molecule has 5 nitrogen and oxygen atoms in total. The van der Waals surface area contributed by atoms with E-state index >= 15 is 0 Å². The number of hydrogen-bond donors (Lipinski definition) is 2. The summed E-state index contributed by atoms with van der Waals surface area (Å²) < 4.78 is 28.3. The fraction of sp³-hybridized carbons (Fsp3) is 0. The SMILES string of the molecule is Nc1c(Oc2cc(Cl)c(Cl)cc2Cl)cccc1S(N)(=O)=O. The molecule has 0 amide bonds. The van der Waals surface area contributed by atoms with Crippen LogP contribution in [0.25, 0.3) is 0 Å². The summed E-state index contributed by atoms with van der Waals surface area (Å²) in [4.78, 5) is -0.240. The normalized spacial score (nSPS) is 11.4. The first-order chi connectivity index (χ1) is 9.70. The van der Waals surface area contributed by atoms with E-state index < -0.39 is 10.0 Å². The second-order valence-electron chi connectivity index (χ2n) is 4.01. The highest BCUT2D eigenvalue weighted by atomic mass is 35.5. The van der Waals surface area contributed by atoms with Crippen LogP contribution in [0.1, 0.15) is 0 Å². The average Bonchev–Trinajstić information content (AvgIpc) is 2.36. The monoisotopic (exact) mass is 366 g/mol. The largest absolute Gasteiger partial charge is 0.454 e. The van der Waals surface area contributed by atoms with Crippen molar-refractivity contribution in [1.82, 2.24) is 0 Å². The molecule has 2 rings (SSSR count). The topological polar surface area (TPSA) is 95.4 Å². The molecule has 0 saturated carbocycles. The lowest BCUT2D eigenvalue weighted by Gasteiger charge is -2.12. The van der Waals surface area contributed by atoms with Gasteiger partial charge in [-0.3, -0.25) is 0 Å². The van der Waals surface area contributed by atoms with Crippen molar-refractivity contribution in [1.29, 1.82) is 0 Å². The highest BCUT2D eigenvalue weighted by Crippen LogP contribution is 2.38. The van der Waals surface area contributed by atoms with Gasteiger partial charge in [-0.25, -0.2) is 13.6 Å². The number of ether oxygens (including phenoxy) is 1. The Balaban J connectivity index is 2.49. The van der Waals surface area contributed by atoms with Gasteiger partial charge in [0, 0.05) is 6.07 Å². The summed E-state index contributed by atoms with van der Waals surface area (Å²) in [5, 5.41) is 5.76. The van der Waals surface area contributed by atoms with E-state index in [1.54, 1.807) is 0 Å². The van der Waals surface area contributed by atoms with Crippen molar-refractivity contribution in [3.8, 4) is 11.5 Å². The van der Waals surface area contributed by atoms with Gasteiger partial charge in [0.05, 0.1) is 20.8 Å². The number of para-hydroxylation sites is 1. The van der Waals surface area contributed by atoms with Crippen LogP contribution in [0.5, 0.6) is 11.5 Å². The van der Waals surface area contributed by atoms with Crippen molar-refractivity contribution >= 4 is 50.5 Å². The molecule has 2 aromatic carbocycles. The number of nitrogens with two attached hydrogens (primary N) is 2. The third kappa shape index (κ3) is 3.53. The van der Waals surface area contributed by atoms with Crippen molar-refractivity contribution < 1.29 is 13.2 Å². The van der Waals surface area contributed by atoms with E-state index in [-0.39, 0.29) is 37.1 Å². The van der Waals surface area contributed by atoms with Crippen LogP contribution in [0.2, 0.25) is 15.1 Å². The van der Waals surface area contributed by atoms with Crippen molar-refractivity contribution in [2.75, 3.05) is 5.73 Å². The predicted molar refractivity (Wildman–Crippen MR) is 83.8 cm³/mol. The van der Waals surface area contributed by atoms with Crippen LogP contribution in [0, 0.1) is 0 Å². The first kappa shape index (κ1) is 16.2. The fourth-order valence-electron chi connectivity index (χ4n) is 1.56. The molecule has 0 bridgehead atoms. The Morgan fingerprint density at radius 3 is 2.19 bits per heavy atom. The molecule has 9 heteroatoms. The second kappa shape index (κ2) is 5.90. The summed E-state index contributed by atoms with van der Waals surface area (Å²) in [5.74, 6) is 0.270. The molecule has 0 heterocycles. The van der Waals surface area contributed by atoms with Gasteiger partial charge >= 0.3 is 0 Å². The predicted octanol–water partition coefficient (Wildman–Crippen LogP) is 3.67. The van der Waals surface area contributed by atoms with Crippen molar-refractivity contribution in [3.63, 3.8) is 0 Å². The van der Waals surface area contributed by atoms with Gasteiger partial charge in [0.2, 0.25) is 10.0 Å². The average molecular weight is 368 g/mol. The Hall–Kier alpha value is -1.18. The summed E-state index contributed by atoms with van der Waals surface area (Å²) in [6.07, 6.45) is 0. The van der Waals surface area contributed by atoms with E-state index in [0.717, 1.165) is 0 Å². The van der Waals surface area contributed by atoms with E-state index in [9.17, 15) is 8.42 Å². The summed E-state index contributed by atoms with van der Waals surface area (Å²) in [5.41, 5.74) is 5.63. The van der Waals surface area contributed by atoms with Crippen LogP contribution >= 0.6 is 34.8 Å². The van der Waals surface area contributed by atoms with Gasteiger partial charge in [0.15, 0.2) is 5.75 Å². The summed E-state index contributed by atoms with van der Waals surface area (Å²) in [6.45, 7) is 0. The molecule has 112 valence electrons. The van der Waals surface area contributed by atoms with E-state index in [1.807, 2.05) is 0 Å². The standard InChI is InChI=1S/C12H9Cl3N2O3S/c13-6-4-8(15)10(5-7(6)14)20-9-2-1-3-11(12(9)16)21(17,18)19/h1-5H,16H2,(H2,17,18,19). The van der Waals surface area contributed by atoms with Crippen LogP contribution in [-0.2, 0) is 10.0 Å². The third-order valence-corrected chi connectivity index (χ3v) is 4.51. The zero-order chi connectivity index (χ0) is 15.8. The lowest BCUT2D eigenvalue weighted by Crippen LogP contribution is -2.14. The van der Waals surface area contributed by atoms with Crippen LogP contribution in [0.3, 0.4) is 0 Å². The number of rotatable bonds is 3. The van der Waals surface area contributed by atoms with Crippen LogP contribution in [0.4, 0.5) is 5.69 Å². The first-order valence-electron chi connectivity index (χ1n) is 5.44. The molecule has 0 aliphatic heterocycles. The maximum atomic E-state index is 11.4. The highest BCUT2D eigenvalue weighted by molar-refractivity contribution is 7.89. The summed E-state index contributed by atoms with van der Waals surface area (Å²) in [6, 6.07) is 6.99. The number of nitrogen functional groups attached to an aromatic ring is 1. The molecule has 0 saturated heterocycles. The van der Waals surface area contributed by atoms with Gasteiger partial charge in [-0.2, -0.15) is 0 Å². The van der Waals surface area contributed by atoms with Crippen molar-refractivity contribution in [2.24, 2.45) is 5.14 Å². The Morgan fingerprint density at radius 2 is 1.57 bits per heavy atom. The minimum atomic E-state index is -3.96. The minimum absolute atomic E-state index is 0.0850. The molecule has 0 fully saturated rings. The van der Waals surface area contributed by atoms with E-state index in [2.05, 4.69) is 0 Å². The van der Waals surface area contributed by atoms with Gasteiger partial charge in [-0.15, -0.1) is 0 Å². The van der Waals surface area contributed by atoms with Gasteiger partial charge in [0.1, 0.15) is 10.6 Å². The molecule has 21 heavy (non-hydrogen) atoms. The Kier molecular flexibility index (Phi) is 4.55. The number of hydrogen-bond acceptors (Lipinski definition) is 4. The Labute approximate surface area is 136 Å². The minimum Gasteiger partial charge on any atom is -0.454 e. The summed E-state index contributed by atoms with van der Waals surface area (Å²) in [7, 11) is -3.96.